The van der Waals surface area contributed by atoms with E-state index < -0.39 is 0 Å². The summed E-state index contributed by atoms with van der Waals surface area (Å²) in [6.07, 6.45) is 3.59. The number of nitrogens with zero attached hydrogens (tertiary/aromatic N) is 5. The quantitative estimate of drug-likeness (QED) is 0.348. The number of hydrogen-bond acceptors (Lipinski definition) is 7. The fourth-order valence-corrected chi connectivity index (χ4v) is 5.01. The number of benzene rings is 1. The molecule has 3 aromatic rings. The number of aryl methyl sites for hydroxylation is 1. The maximum Gasteiger partial charge on any atom is 0.270 e. The number of rotatable bonds is 6. The molecule has 0 unspecified atom stereocenters. The van der Waals surface area contributed by atoms with Crippen LogP contribution in [0.5, 0.6) is 5.88 Å². The van der Waals surface area contributed by atoms with Crippen molar-refractivity contribution in [1.29, 1.82) is 5.26 Å². The van der Waals surface area contributed by atoms with Gasteiger partial charge >= 0.3 is 0 Å². The van der Waals surface area contributed by atoms with Gasteiger partial charge in [-0.3, -0.25) is 4.79 Å². The molecule has 2 heterocycles. The number of methoxy groups -OCH3 is 1. The van der Waals surface area contributed by atoms with E-state index in [-0.39, 0.29) is 28.7 Å². The molecule has 8 heteroatoms. The van der Waals surface area contributed by atoms with E-state index in [0.29, 0.717) is 22.6 Å². The third-order valence-corrected chi connectivity index (χ3v) is 6.98. The lowest BCUT2D eigenvalue weighted by atomic mass is 9.80. The molecule has 0 radical (unpaired) electrons. The first-order valence-electron chi connectivity index (χ1n) is 12.7. The van der Waals surface area contributed by atoms with E-state index in [4.69, 9.17) is 9.57 Å². The van der Waals surface area contributed by atoms with Crippen LogP contribution in [0.2, 0.25) is 0 Å². The largest absolute Gasteiger partial charge is 0.481 e. The smallest absolute Gasteiger partial charge is 0.270 e. The zero-order valence-electron chi connectivity index (χ0n) is 22.5. The Labute approximate surface area is 218 Å². The maximum absolute atomic E-state index is 13.1. The molecule has 1 aliphatic carbocycles. The van der Waals surface area contributed by atoms with Crippen molar-refractivity contribution in [3.8, 4) is 11.9 Å². The SMILES string of the molecule is COc1ccc2c(n1)c(N(C)C1CCC(/C(=N/OC(C)(C)C)c3ccccc3)CC1)c(C#N)c(=O)n2C. The van der Waals surface area contributed by atoms with Crippen LogP contribution in [0.4, 0.5) is 5.69 Å². The number of aromatic nitrogens is 2. The normalized spacial score (nSPS) is 18.4. The lowest BCUT2D eigenvalue weighted by molar-refractivity contribution is -0.0000288. The van der Waals surface area contributed by atoms with Crippen LogP contribution in [-0.4, -0.2) is 41.1 Å². The molecular formula is C29H35N5O3. The second-order valence-corrected chi connectivity index (χ2v) is 10.6. The molecule has 1 fully saturated rings. The van der Waals surface area contributed by atoms with Crippen molar-refractivity contribution in [1.82, 2.24) is 9.55 Å². The van der Waals surface area contributed by atoms with Gasteiger partial charge in [-0.25, -0.2) is 4.98 Å². The number of ether oxygens (including phenoxy) is 1. The molecule has 0 bridgehead atoms. The van der Waals surface area contributed by atoms with Crippen LogP contribution in [0.1, 0.15) is 57.6 Å². The van der Waals surface area contributed by atoms with Crippen LogP contribution in [0.25, 0.3) is 11.0 Å². The molecule has 2 aromatic heterocycles. The van der Waals surface area contributed by atoms with Crippen LogP contribution in [0.3, 0.4) is 0 Å². The predicted octanol–water partition coefficient (Wildman–Crippen LogP) is 5.03. The summed E-state index contributed by atoms with van der Waals surface area (Å²) < 4.78 is 6.83. The highest BCUT2D eigenvalue weighted by atomic mass is 16.6. The molecule has 0 spiro atoms. The third-order valence-electron chi connectivity index (χ3n) is 6.98. The summed E-state index contributed by atoms with van der Waals surface area (Å²) in [5.74, 6) is 0.694. The van der Waals surface area contributed by atoms with Crippen molar-refractivity contribution < 1.29 is 9.57 Å². The van der Waals surface area contributed by atoms with Gasteiger partial charge in [-0.1, -0.05) is 35.5 Å². The van der Waals surface area contributed by atoms with Gasteiger partial charge in [0.15, 0.2) is 0 Å². The molecule has 1 aromatic carbocycles. The number of nitriles is 1. The van der Waals surface area contributed by atoms with Gasteiger partial charge in [0, 0.05) is 32.1 Å². The van der Waals surface area contributed by atoms with Crippen LogP contribution >= 0.6 is 0 Å². The number of anilines is 1. The zero-order chi connectivity index (χ0) is 26.7. The summed E-state index contributed by atoms with van der Waals surface area (Å²) in [7, 11) is 5.18. The van der Waals surface area contributed by atoms with Crippen molar-refractivity contribution in [3.63, 3.8) is 0 Å². The third kappa shape index (κ3) is 5.46. The van der Waals surface area contributed by atoms with Gasteiger partial charge in [-0.15, -0.1) is 0 Å². The first-order valence-corrected chi connectivity index (χ1v) is 12.7. The minimum absolute atomic E-state index is 0.102. The number of fused-ring (bicyclic) bond motifs is 1. The second-order valence-electron chi connectivity index (χ2n) is 10.6. The average Bonchev–Trinajstić information content (AvgIpc) is 2.90. The summed E-state index contributed by atoms with van der Waals surface area (Å²) in [4.78, 5) is 25.6. The monoisotopic (exact) mass is 501 g/mol. The highest BCUT2D eigenvalue weighted by Crippen LogP contribution is 2.36. The zero-order valence-corrected chi connectivity index (χ0v) is 22.5. The predicted molar refractivity (Wildman–Crippen MR) is 146 cm³/mol. The van der Waals surface area contributed by atoms with E-state index >= 15 is 0 Å². The molecule has 4 rings (SSSR count). The molecule has 0 atom stereocenters. The fraction of sp³-hybridized carbons (Fsp3) is 0.448. The standard InChI is InChI=1S/C29H35N5O3/c1-29(2,3)37-32-25(19-10-8-7-9-11-19)20-12-14-21(15-13-20)33(4)27-22(18-30)28(35)34(5)23-16-17-24(36-6)31-26(23)27/h7-11,16-17,20-21H,12-15H2,1-6H3/b32-25+. The first kappa shape index (κ1) is 26.2. The van der Waals surface area contributed by atoms with Gasteiger partial charge in [0.1, 0.15) is 22.8 Å². The van der Waals surface area contributed by atoms with E-state index in [1.807, 2.05) is 52.1 Å². The minimum atomic E-state index is -0.375. The molecule has 8 nitrogen and oxygen atoms in total. The van der Waals surface area contributed by atoms with Gasteiger partial charge in [0.25, 0.3) is 5.56 Å². The average molecular weight is 502 g/mol. The Hall–Kier alpha value is -3.86. The Bertz CT molecular complexity index is 1390. The lowest BCUT2D eigenvalue weighted by Crippen LogP contribution is -2.39. The fourth-order valence-electron chi connectivity index (χ4n) is 5.01. The van der Waals surface area contributed by atoms with E-state index in [1.165, 1.54) is 4.57 Å². The molecular weight excluding hydrogens is 466 g/mol. The Kier molecular flexibility index (Phi) is 7.53. The molecule has 1 aliphatic rings. The topological polar surface area (TPSA) is 92.7 Å². The van der Waals surface area contributed by atoms with Crippen molar-refractivity contribution in [2.45, 2.75) is 58.1 Å². The van der Waals surface area contributed by atoms with Gasteiger partial charge in [-0.2, -0.15) is 5.26 Å². The van der Waals surface area contributed by atoms with Gasteiger partial charge in [0.2, 0.25) is 5.88 Å². The molecule has 0 saturated heterocycles. The maximum atomic E-state index is 13.1. The Morgan fingerprint density at radius 3 is 2.41 bits per heavy atom. The highest BCUT2D eigenvalue weighted by molar-refractivity contribution is 6.02. The van der Waals surface area contributed by atoms with Gasteiger partial charge in [0.05, 0.1) is 24.0 Å². The van der Waals surface area contributed by atoms with Crippen LogP contribution in [-0.2, 0) is 11.9 Å². The number of hydrogen-bond donors (Lipinski definition) is 0. The molecule has 0 amide bonds. The summed E-state index contributed by atoms with van der Waals surface area (Å²) in [6.45, 7) is 5.99. The first-order chi connectivity index (χ1) is 17.6. The number of pyridine rings is 2. The Morgan fingerprint density at radius 1 is 1.14 bits per heavy atom. The van der Waals surface area contributed by atoms with Crippen LogP contribution < -0.4 is 15.2 Å². The second kappa shape index (κ2) is 10.6. The van der Waals surface area contributed by atoms with E-state index in [9.17, 15) is 10.1 Å². The highest BCUT2D eigenvalue weighted by Gasteiger charge is 2.31. The van der Waals surface area contributed by atoms with Crippen molar-refractivity contribution in [3.05, 3.63) is 63.9 Å². The summed E-state index contributed by atoms with van der Waals surface area (Å²) >= 11 is 0. The van der Waals surface area contributed by atoms with Crippen LogP contribution in [0.15, 0.2) is 52.4 Å². The Morgan fingerprint density at radius 2 is 1.81 bits per heavy atom. The van der Waals surface area contributed by atoms with E-state index in [0.717, 1.165) is 37.0 Å². The van der Waals surface area contributed by atoms with E-state index in [1.54, 1.807) is 20.2 Å². The molecule has 0 aliphatic heterocycles. The van der Waals surface area contributed by atoms with Crippen molar-refractivity contribution in [2.75, 3.05) is 19.1 Å². The van der Waals surface area contributed by atoms with Gasteiger partial charge in [-0.05, 0) is 58.1 Å². The van der Waals surface area contributed by atoms with Crippen LogP contribution in [0, 0.1) is 17.2 Å². The Balaban J connectivity index is 1.65. The van der Waals surface area contributed by atoms with E-state index in [2.05, 4.69) is 33.2 Å². The van der Waals surface area contributed by atoms with Crippen molar-refractivity contribution in [2.24, 2.45) is 18.1 Å². The van der Waals surface area contributed by atoms with Gasteiger partial charge < -0.3 is 19.0 Å². The number of oxime groups is 1. The summed E-state index contributed by atoms with van der Waals surface area (Å²) in [5, 5.41) is 14.6. The minimum Gasteiger partial charge on any atom is -0.481 e. The van der Waals surface area contributed by atoms with Crippen molar-refractivity contribution >= 4 is 22.4 Å². The molecule has 0 N–H and O–H groups in total. The molecule has 194 valence electrons. The lowest BCUT2D eigenvalue weighted by Gasteiger charge is -2.37. The molecule has 37 heavy (non-hydrogen) atoms. The summed E-state index contributed by atoms with van der Waals surface area (Å²) in [5.41, 5.74) is 3.27. The summed E-state index contributed by atoms with van der Waals surface area (Å²) in [6, 6.07) is 16.0. The molecule has 1 saturated carbocycles.